The predicted octanol–water partition coefficient (Wildman–Crippen LogP) is 1.95. The van der Waals surface area contributed by atoms with E-state index >= 15 is 0 Å². The lowest BCUT2D eigenvalue weighted by atomic mass is 10.1. The molecule has 0 unspecified atom stereocenters. The van der Waals surface area contributed by atoms with Crippen LogP contribution in [0.2, 0.25) is 0 Å². The van der Waals surface area contributed by atoms with Crippen LogP contribution in [-0.2, 0) is 13.0 Å². The van der Waals surface area contributed by atoms with Crippen molar-refractivity contribution in [3.05, 3.63) is 70.1 Å². The maximum Gasteiger partial charge on any atom is 0.259 e. The zero-order valence-corrected chi connectivity index (χ0v) is 15.2. The number of ether oxygens (including phenoxy) is 1. The SMILES string of the molecule is O=c1cc(N2CCN(Cc3ccc4c(c3)CCO4)CC2)nc2ccccn12. The quantitative estimate of drug-likeness (QED) is 0.713. The van der Waals surface area contributed by atoms with Crippen LogP contribution in [0, 0.1) is 0 Å². The van der Waals surface area contributed by atoms with E-state index < -0.39 is 0 Å². The number of aromatic nitrogens is 2. The molecule has 0 saturated carbocycles. The molecule has 4 heterocycles. The third-order valence-electron chi connectivity index (χ3n) is 5.41. The number of piperazine rings is 1. The molecule has 0 aliphatic carbocycles. The zero-order chi connectivity index (χ0) is 18.2. The second kappa shape index (κ2) is 6.70. The van der Waals surface area contributed by atoms with Crippen molar-refractivity contribution in [2.24, 2.45) is 0 Å². The summed E-state index contributed by atoms with van der Waals surface area (Å²) in [4.78, 5) is 21.7. The first-order chi connectivity index (χ1) is 13.3. The number of anilines is 1. The molecule has 0 bridgehead atoms. The van der Waals surface area contributed by atoms with Crippen LogP contribution in [-0.4, -0.2) is 47.1 Å². The third kappa shape index (κ3) is 3.17. The maximum absolute atomic E-state index is 12.3. The van der Waals surface area contributed by atoms with Gasteiger partial charge in [-0.15, -0.1) is 0 Å². The first-order valence-corrected chi connectivity index (χ1v) is 9.47. The summed E-state index contributed by atoms with van der Waals surface area (Å²) in [5, 5.41) is 0. The van der Waals surface area contributed by atoms with Gasteiger partial charge in [-0.05, 0) is 29.3 Å². The highest BCUT2D eigenvalue weighted by Gasteiger charge is 2.20. The van der Waals surface area contributed by atoms with Crippen molar-refractivity contribution in [2.45, 2.75) is 13.0 Å². The Labute approximate surface area is 157 Å². The van der Waals surface area contributed by atoms with Crippen LogP contribution in [0.15, 0.2) is 53.5 Å². The van der Waals surface area contributed by atoms with E-state index in [0.29, 0.717) is 5.65 Å². The summed E-state index contributed by atoms with van der Waals surface area (Å²) in [7, 11) is 0. The van der Waals surface area contributed by atoms with E-state index in [9.17, 15) is 4.79 Å². The molecule has 1 saturated heterocycles. The highest BCUT2D eigenvalue weighted by atomic mass is 16.5. The molecule has 3 aromatic rings. The Morgan fingerprint density at radius 1 is 1.04 bits per heavy atom. The fourth-order valence-electron chi connectivity index (χ4n) is 3.93. The largest absolute Gasteiger partial charge is 0.493 e. The Morgan fingerprint density at radius 2 is 1.93 bits per heavy atom. The minimum Gasteiger partial charge on any atom is -0.493 e. The van der Waals surface area contributed by atoms with Gasteiger partial charge in [-0.3, -0.25) is 14.1 Å². The van der Waals surface area contributed by atoms with Crippen LogP contribution in [0.25, 0.3) is 5.65 Å². The first kappa shape index (κ1) is 16.3. The van der Waals surface area contributed by atoms with Gasteiger partial charge in [0.1, 0.15) is 17.2 Å². The Bertz CT molecular complexity index is 1040. The van der Waals surface area contributed by atoms with Crippen molar-refractivity contribution in [1.29, 1.82) is 0 Å². The van der Waals surface area contributed by atoms with Gasteiger partial charge >= 0.3 is 0 Å². The van der Waals surface area contributed by atoms with Crippen molar-refractivity contribution in [2.75, 3.05) is 37.7 Å². The topological polar surface area (TPSA) is 50.1 Å². The molecule has 27 heavy (non-hydrogen) atoms. The second-order valence-electron chi connectivity index (χ2n) is 7.19. The molecular formula is C21H22N4O2. The van der Waals surface area contributed by atoms with Crippen molar-refractivity contribution < 1.29 is 4.74 Å². The third-order valence-corrected chi connectivity index (χ3v) is 5.41. The monoisotopic (exact) mass is 362 g/mol. The van der Waals surface area contributed by atoms with Gasteiger partial charge in [0.2, 0.25) is 0 Å². The number of benzene rings is 1. The van der Waals surface area contributed by atoms with Gasteiger partial charge in [0.25, 0.3) is 5.56 Å². The molecule has 1 fully saturated rings. The number of rotatable bonds is 3. The molecule has 6 heteroatoms. The Balaban J connectivity index is 1.27. The molecule has 2 aliphatic rings. The molecular weight excluding hydrogens is 340 g/mol. The smallest absolute Gasteiger partial charge is 0.259 e. The molecule has 1 aromatic carbocycles. The van der Waals surface area contributed by atoms with Gasteiger partial charge in [0, 0.05) is 51.4 Å². The van der Waals surface area contributed by atoms with Crippen molar-refractivity contribution in [3.63, 3.8) is 0 Å². The van der Waals surface area contributed by atoms with E-state index in [1.807, 2.05) is 18.2 Å². The summed E-state index contributed by atoms with van der Waals surface area (Å²) in [6.45, 7) is 5.44. The number of hydrogen-bond acceptors (Lipinski definition) is 5. The summed E-state index contributed by atoms with van der Waals surface area (Å²) in [6.07, 6.45) is 2.77. The standard InChI is InChI=1S/C21H22N4O2/c26-21-14-20(22-19-3-1-2-7-25(19)21)24-10-8-23(9-11-24)15-16-4-5-18-17(13-16)6-12-27-18/h1-5,7,13-14H,6,8-12,15H2. The fraction of sp³-hybridized carbons (Fsp3) is 0.333. The molecule has 0 spiro atoms. The molecule has 138 valence electrons. The molecule has 0 amide bonds. The second-order valence-corrected chi connectivity index (χ2v) is 7.19. The fourth-order valence-corrected chi connectivity index (χ4v) is 3.93. The minimum atomic E-state index is -0.0293. The van der Waals surface area contributed by atoms with E-state index in [1.54, 1.807) is 16.7 Å². The van der Waals surface area contributed by atoms with Gasteiger partial charge in [0.05, 0.1) is 6.61 Å². The van der Waals surface area contributed by atoms with E-state index in [1.165, 1.54) is 11.1 Å². The van der Waals surface area contributed by atoms with Crippen LogP contribution in [0.5, 0.6) is 5.75 Å². The summed E-state index contributed by atoms with van der Waals surface area (Å²) >= 11 is 0. The van der Waals surface area contributed by atoms with Gasteiger partial charge in [-0.2, -0.15) is 0 Å². The van der Waals surface area contributed by atoms with Gasteiger partial charge in [-0.25, -0.2) is 4.98 Å². The Morgan fingerprint density at radius 3 is 2.81 bits per heavy atom. The minimum absolute atomic E-state index is 0.0293. The van der Waals surface area contributed by atoms with Gasteiger partial charge < -0.3 is 9.64 Å². The van der Waals surface area contributed by atoms with E-state index in [-0.39, 0.29) is 5.56 Å². The first-order valence-electron chi connectivity index (χ1n) is 9.47. The zero-order valence-electron chi connectivity index (χ0n) is 15.2. The average molecular weight is 362 g/mol. The van der Waals surface area contributed by atoms with E-state index in [2.05, 4.69) is 33.0 Å². The predicted molar refractivity (Wildman–Crippen MR) is 105 cm³/mol. The lowest BCUT2D eigenvalue weighted by molar-refractivity contribution is 0.249. The maximum atomic E-state index is 12.3. The van der Waals surface area contributed by atoms with Gasteiger partial charge in [-0.1, -0.05) is 18.2 Å². The van der Waals surface area contributed by atoms with Crippen molar-refractivity contribution >= 4 is 11.5 Å². The van der Waals surface area contributed by atoms with E-state index in [0.717, 1.165) is 57.3 Å². The summed E-state index contributed by atoms with van der Waals surface area (Å²) in [6, 6.07) is 13.8. The molecule has 2 aromatic heterocycles. The number of fused-ring (bicyclic) bond motifs is 2. The molecule has 2 aliphatic heterocycles. The number of hydrogen-bond donors (Lipinski definition) is 0. The van der Waals surface area contributed by atoms with Crippen LogP contribution >= 0.6 is 0 Å². The highest BCUT2D eigenvalue weighted by molar-refractivity contribution is 5.48. The lowest BCUT2D eigenvalue weighted by Gasteiger charge is -2.35. The van der Waals surface area contributed by atoms with Crippen LogP contribution in [0.3, 0.4) is 0 Å². The highest BCUT2D eigenvalue weighted by Crippen LogP contribution is 2.26. The Hall–Kier alpha value is -2.86. The molecule has 0 radical (unpaired) electrons. The molecule has 5 rings (SSSR count). The average Bonchev–Trinajstić information content (AvgIpc) is 3.16. The van der Waals surface area contributed by atoms with Crippen LogP contribution in [0.1, 0.15) is 11.1 Å². The van der Waals surface area contributed by atoms with Crippen molar-refractivity contribution in [3.8, 4) is 5.75 Å². The number of nitrogens with zero attached hydrogens (tertiary/aromatic N) is 4. The van der Waals surface area contributed by atoms with E-state index in [4.69, 9.17) is 4.74 Å². The Kier molecular flexibility index (Phi) is 4.05. The molecule has 0 atom stereocenters. The normalized spacial score (nSPS) is 17.1. The summed E-state index contributed by atoms with van der Waals surface area (Å²) in [5.41, 5.74) is 3.34. The summed E-state index contributed by atoms with van der Waals surface area (Å²) < 4.78 is 7.17. The van der Waals surface area contributed by atoms with Crippen LogP contribution < -0.4 is 15.2 Å². The number of pyridine rings is 1. The lowest BCUT2D eigenvalue weighted by Crippen LogP contribution is -2.46. The van der Waals surface area contributed by atoms with Crippen molar-refractivity contribution in [1.82, 2.24) is 14.3 Å². The molecule has 6 nitrogen and oxygen atoms in total. The molecule has 0 N–H and O–H groups in total. The summed E-state index contributed by atoms with van der Waals surface area (Å²) in [5.74, 6) is 1.82. The van der Waals surface area contributed by atoms with Gasteiger partial charge in [0.15, 0.2) is 0 Å². The van der Waals surface area contributed by atoms with Crippen LogP contribution in [0.4, 0.5) is 5.82 Å².